The molecular weight excluding hydrogens is 292 g/mol. The molecule has 0 spiro atoms. The molecule has 0 saturated carbocycles. The molecule has 0 aromatic heterocycles. The topological polar surface area (TPSA) is 45.2 Å². The van der Waals surface area contributed by atoms with Crippen LogP contribution in [-0.4, -0.2) is 68.5 Å². The van der Waals surface area contributed by atoms with Crippen LogP contribution in [0.15, 0.2) is 18.2 Å². The van der Waals surface area contributed by atoms with E-state index in [2.05, 4.69) is 15.9 Å². The van der Waals surface area contributed by atoms with Gasteiger partial charge in [0.1, 0.15) is 0 Å². The molecule has 1 heterocycles. The first-order valence-corrected chi connectivity index (χ1v) is 8.27. The zero-order valence-corrected chi connectivity index (χ0v) is 14.8. The number of benzene rings is 1. The molecule has 0 amide bonds. The third-order valence-corrected chi connectivity index (χ3v) is 4.50. The zero-order valence-electron chi connectivity index (χ0n) is 14.8. The Hall–Kier alpha value is -1.30. The first-order valence-electron chi connectivity index (χ1n) is 8.27. The van der Waals surface area contributed by atoms with Gasteiger partial charge in [0.2, 0.25) is 0 Å². The van der Waals surface area contributed by atoms with Crippen LogP contribution in [0.4, 0.5) is 0 Å². The first-order chi connectivity index (χ1) is 11.0. The van der Waals surface area contributed by atoms with Crippen LogP contribution in [0, 0.1) is 0 Å². The van der Waals surface area contributed by atoms with Crippen molar-refractivity contribution >= 4 is 0 Å². The maximum Gasteiger partial charge on any atom is 0.165 e. The summed E-state index contributed by atoms with van der Waals surface area (Å²) in [6, 6.07) is 6.00. The van der Waals surface area contributed by atoms with E-state index in [1.807, 2.05) is 26.2 Å². The molecular formula is C18H30N2O3. The van der Waals surface area contributed by atoms with Crippen LogP contribution in [-0.2, 0) is 6.54 Å². The lowest BCUT2D eigenvalue weighted by Crippen LogP contribution is -2.40. The van der Waals surface area contributed by atoms with E-state index in [-0.39, 0.29) is 0 Å². The molecule has 1 atom stereocenters. The molecule has 0 aliphatic carbocycles. The Labute approximate surface area is 139 Å². The number of aliphatic hydroxyl groups is 1. The number of ether oxygens (including phenoxy) is 2. The third-order valence-electron chi connectivity index (χ3n) is 4.50. The monoisotopic (exact) mass is 322 g/mol. The Kier molecular flexibility index (Phi) is 6.27. The fraction of sp³-hybridized carbons (Fsp3) is 0.667. The van der Waals surface area contributed by atoms with Crippen LogP contribution in [0.1, 0.15) is 24.8 Å². The SMILES string of the molecule is COc1cccc(CN2CCCC(O)(CN(C)C)CC2)c1OC. The van der Waals surface area contributed by atoms with Gasteiger partial charge in [-0.2, -0.15) is 0 Å². The fourth-order valence-corrected chi connectivity index (χ4v) is 3.46. The van der Waals surface area contributed by atoms with Gasteiger partial charge in [0.05, 0.1) is 19.8 Å². The molecule has 1 N–H and O–H groups in total. The highest BCUT2D eigenvalue weighted by Gasteiger charge is 2.30. The first kappa shape index (κ1) is 18.0. The van der Waals surface area contributed by atoms with Crippen molar-refractivity contribution in [1.82, 2.24) is 9.80 Å². The van der Waals surface area contributed by atoms with Crippen LogP contribution in [0.5, 0.6) is 11.5 Å². The van der Waals surface area contributed by atoms with Crippen molar-refractivity contribution in [2.45, 2.75) is 31.4 Å². The summed E-state index contributed by atoms with van der Waals surface area (Å²) >= 11 is 0. The second-order valence-electron chi connectivity index (χ2n) is 6.74. The van der Waals surface area contributed by atoms with Crippen molar-refractivity contribution in [2.75, 3.05) is 47.9 Å². The number of likely N-dealkylation sites (N-methyl/N-ethyl adjacent to an activating group) is 1. The molecule has 23 heavy (non-hydrogen) atoms. The quantitative estimate of drug-likeness (QED) is 0.868. The lowest BCUT2D eigenvalue weighted by Gasteiger charge is -2.30. The van der Waals surface area contributed by atoms with Crippen LogP contribution < -0.4 is 9.47 Å². The van der Waals surface area contributed by atoms with E-state index < -0.39 is 5.60 Å². The third kappa shape index (κ3) is 4.83. The Bertz CT molecular complexity index is 507. The summed E-state index contributed by atoms with van der Waals surface area (Å²) in [6.45, 7) is 3.43. The number of nitrogens with zero attached hydrogens (tertiary/aromatic N) is 2. The van der Waals surface area contributed by atoms with Crippen molar-refractivity contribution in [3.63, 3.8) is 0 Å². The van der Waals surface area contributed by atoms with Crippen molar-refractivity contribution in [1.29, 1.82) is 0 Å². The number of hydrogen-bond donors (Lipinski definition) is 1. The van der Waals surface area contributed by atoms with Crippen LogP contribution >= 0.6 is 0 Å². The average Bonchev–Trinajstić information content (AvgIpc) is 2.68. The summed E-state index contributed by atoms with van der Waals surface area (Å²) in [6.07, 6.45) is 2.67. The number of hydrogen-bond acceptors (Lipinski definition) is 5. The number of rotatable bonds is 6. The molecule has 1 aromatic rings. The summed E-state index contributed by atoms with van der Waals surface area (Å²) in [4.78, 5) is 4.46. The maximum atomic E-state index is 10.8. The lowest BCUT2D eigenvalue weighted by molar-refractivity contribution is 0.00257. The Morgan fingerprint density at radius 3 is 2.61 bits per heavy atom. The second kappa shape index (κ2) is 7.99. The summed E-state index contributed by atoms with van der Waals surface area (Å²) in [5.41, 5.74) is 0.557. The zero-order chi connectivity index (χ0) is 16.9. The summed E-state index contributed by atoms with van der Waals surface area (Å²) < 4.78 is 10.9. The molecule has 1 aliphatic heterocycles. The summed E-state index contributed by atoms with van der Waals surface area (Å²) in [5, 5.41) is 10.8. The largest absolute Gasteiger partial charge is 0.493 e. The van der Waals surface area contributed by atoms with Gasteiger partial charge in [-0.05, 0) is 46.0 Å². The molecule has 1 unspecified atom stereocenters. The van der Waals surface area contributed by atoms with E-state index in [1.165, 1.54) is 0 Å². The molecule has 5 heteroatoms. The maximum absolute atomic E-state index is 10.8. The molecule has 0 bridgehead atoms. The number of likely N-dealkylation sites (tertiary alicyclic amines) is 1. The van der Waals surface area contributed by atoms with E-state index in [0.29, 0.717) is 0 Å². The normalized spacial score (nSPS) is 22.9. The molecule has 1 fully saturated rings. The Balaban J connectivity index is 2.04. The van der Waals surface area contributed by atoms with Crippen LogP contribution in [0.25, 0.3) is 0 Å². The summed E-state index contributed by atoms with van der Waals surface area (Å²) in [5.74, 6) is 1.58. The highest BCUT2D eigenvalue weighted by molar-refractivity contribution is 5.46. The smallest absolute Gasteiger partial charge is 0.165 e. The Morgan fingerprint density at radius 2 is 1.96 bits per heavy atom. The van der Waals surface area contributed by atoms with Gasteiger partial charge >= 0.3 is 0 Å². The van der Waals surface area contributed by atoms with Crippen LogP contribution in [0.2, 0.25) is 0 Å². The second-order valence-corrected chi connectivity index (χ2v) is 6.74. The molecule has 1 aliphatic rings. The predicted molar refractivity (Wildman–Crippen MR) is 92.2 cm³/mol. The van der Waals surface area contributed by atoms with Gasteiger partial charge in [0.25, 0.3) is 0 Å². The molecule has 2 rings (SSSR count). The number of para-hydroxylation sites is 1. The van der Waals surface area contributed by atoms with Gasteiger partial charge < -0.3 is 19.5 Å². The van der Waals surface area contributed by atoms with Gasteiger partial charge in [-0.1, -0.05) is 12.1 Å². The van der Waals surface area contributed by atoms with Gasteiger partial charge in [0.15, 0.2) is 11.5 Å². The van der Waals surface area contributed by atoms with E-state index >= 15 is 0 Å². The van der Waals surface area contributed by atoms with Gasteiger partial charge in [-0.15, -0.1) is 0 Å². The molecule has 0 radical (unpaired) electrons. The summed E-state index contributed by atoms with van der Waals surface area (Å²) in [7, 11) is 7.37. The van der Waals surface area contributed by atoms with Gasteiger partial charge in [0, 0.05) is 25.2 Å². The molecule has 5 nitrogen and oxygen atoms in total. The van der Waals surface area contributed by atoms with Crippen LogP contribution in [0.3, 0.4) is 0 Å². The van der Waals surface area contributed by atoms with E-state index in [0.717, 1.165) is 62.5 Å². The van der Waals surface area contributed by atoms with Crippen molar-refractivity contribution in [2.24, 2.45) is 0 Å². The predicted octanol–water partition coefficient (Wildman–Crippen LogP) is 1.98. The average molecular weight is 322 g/mol. The minimum absolute atomic E-state index is 0.573. The molecule has 1 saturated heterocycles. The highest BCUT2D eigenvalue weighted by atomic mass is 16.5. The van der Waals surface area contributed by atoms with Gasteiger partial charge in [-0.3, -0.25) is 4.90 Å². The van der Waals surface area contributed by atoms with E-state index in [9.17, 15) is 5.11 Å². The lowest BCUT2D eigenvalue weighted by atomic mass is 9.94. The van der Waals surface area contributed by atoms with Gasteiger partial charge in [-0.25, -0.2) is 0 Å². The van der Waals surface area contributed by atoms with E-state index in [4.69, 9.17) is 9.47 Å². The minimum Gasteiger partial charge on any atom is -0.493 e. The highest BCUT2D eigenvalue weighted by Crippen LogP contribution is 2.32. The molecule has 1 aromatic carbocycles. The standard InChI is InChI=1S/C18H30N2O3/c1-19(2)14-18(21)9-6-11-20(12-10-18)13-15-7-5-8-16(22-3)17(15)23-4/h5,7-8,21H,6,9-14H2,1-4H3. The fourth-order valence-electron chi connectivity index (χ4n) is 3.46. The molecule has 130 valence electrons. The van der Waals surface area contributed by atoms with Crippen molar-refractivity contribution in [3.8, 4) is 11.5 Å². The van der Waals surface area contributed by atoms with Crippen molar-refractivity contribution < 1.29 is 14.6 Å². The van der Waals surface area contributed by atoms with Crippen molar-refractivity contribution in [3.05, 3.63) is 23.8 Å². The number of methoxy groups -OCH3 is 2. The van der Waals surface area contributed by atoms with E-state index in [1.54, 1.807) is 14.2 Å². The minimum atomic E-state index is -0.573. The Morgan fingerprint density at radius 1 is 1.17 bits per heavy atom.